The smallest absolute Gasteiger partial charge is 0.264 e. The van der Waals surface area contributed by atoms with Crippen molar-refractivity contribution < 1.29 is 22.6 Å². The predicted molar refractivity (Wildman–Crippen MR) is 135 cm³/mol. The molecule has 3 aromatic rings. The molecule has 0 atom stereocenters. The number of halogens is 1. The number of nitrogens with zero attached hydrogens (tertiary/aromatic N) is 2. The highest BCUT2D eigenvalue weighted by Gasteiger charge is 2.35. The SMILES string of the molecule is COc1ccc(CN2CCC(N(c3ccc4c(c3)OCO4)S(=O)(=O)c3ccc(Cl)cc3)CC2)cc1. The number of ether oxygens (including phenoxy) is 3. The summed E-state index contributed by atoms with van der Waals surface area (Å²) in [6.45, 7) is 2.51. The lowest BCUT2D eigenvalue weighted by atomic mass is 10.0. The van der Waals surface area contributed by atoms with Crippen molar-refractivity contribution in [1.82, 2.24) is 4.90 Å². The van der Waals surface area contributed by atoms with E-state index >= 15 is 0 Å². The molecule has 0 amide bonds. The molecule has 0 saturated carbocycles. The molecule has 1 saturated heterocycles. The first-order valence-electron chi connectivity index (χ1n) is 11.5. The first-order chi connectivity index (χ1) is 16.9. The van der Waals surface area contributed by atoms with Gasteiger partial charge in [0.2, 0.25) is 6.79 Å². The van der Waals surface area contributed by atoms with Crippen molar-refractivity contribution in [3.63, 3.8) is 0 Å². The number of piperidine rings is 1. The third kappa shape index (κ3) is 5.05. The highest BCUT2D eigenvalue weighted by atomic mass is 35.5. The molecule has 0 aromatic heterocycles. The Bertz CT molecular complexity index is 1270. The minimum Gasteiger partial charge on any atom is -0.497 e. The summed E-state index contributed by atoms with van der Waals surface area (Å²) in [6, 6.07) is 19.5. The summed E-state index contributed by atoms with van der Waals surface area (Å²) in [5.74, 6) is 2.00. The van der Waals surface area contributed by atoms with Crippen molar-refractivity contribution in [2.45, 2.75) is 30.3 Å². The van der Waals surface area contributed by atoms with Gasteiger partial charge in [0.05, 0.1) is 17.7 Å². The topological polar surface area (TPSA) is 68.3 Å². The molecule has 0 unspecified atom stereocenters. The largest absolute Gasteiger partial charge is 0.497 e. The lowest BCUT2D eigenvalue weighted by molar-refractivity contribution is 0.174. The molecule has 9 heteroatoms. The van der Waals surface area contributed by atoms with Crippen LogP contribution in [-0.4, -0.2) is 46.4 Å². The minimum absolute atomic E-state index is 0.131. The Labute approximate surface area is 210 Å². The molecule has 0 spiro atoms. The average molecular weight is 515 g/mol. The Morgan fingerprint density at radius 3 is 2.34 bits per heavy atom. The fourth-order valence-electron chi connectivity index (χ4n) is 4.59. The van der Waals surface area contributed by atoms with Crippen LogP contribution in [0, 0.1) is 0 Å². The number of methoxy groups -OCH3 is 1. The Kier molecular flexibility index (Phi) is 6.77. The van der Waals surface area contributed by atoms with Crippen LogP contribution in [0.15, 0.2) is 71.6 Å². The standard InChI is InChI=1S/C26H27ClN2O5S/c1-32-23-7-2-19(3-8-23)17-28-14-12-21(13-15-28)29(22-6-11-25-26(16-22)34-18-33-25)35(30,31)24-9-4-20(27)5-10-24/h2-11,16,21H,12-15,17-18H2,1H3. The van der Waals surface area contributed by atoms with Gasteiger partial charge < -0.3 is 14.2 Å². The van der Waals surface area contributed by atoms with Crippen molar-refractivity contribution in [1.29, 1.82) is 0 Å². The zero-order chi connectivity index (χ0) is 24.4. The summed E-state index contributed by atoms with van der Waals surface area (Å²) < 4.78 is 45.5. The maximum Gasteiger partial charge on any atom is 0.264 e. The van der Waals surface area contributed by atoms with Crippen molar-refractivity contribution in [3.05, 3.63) is 77.3 Å². The third-order valence-corrected chi connectivity index (χ3v) is 8.58. The monoisotopic (exact) mass is 514 g/mol. The van der Waals surface area contributed by atoms with E-state index in [1.54, 1.807) is 53.9 Å². The fraction of sp³-hybridized carbons (Fsp3) is 0.308. The Balaban J connectivity index is 1.39. The molecule has 5 rings (SSSR count). The molecule has 0 aliphatic carbocycles. The third-order valence-electron chi connectivity index (χ3n) is 6.44. The second kappa shape index (κ2) is 9.97. The molecule has 35 heavy (non-hydrogen) atoms. The van der Waals surface area contributed by atoms with E-state index in [1.807, 2.05) is 12.1 Å². The Hall–Kier alpha value is -2.94. The van der Waals surface area contributed by atoms with Gasteiger partial charge in [-0.05, 0) is 66.9 Å². The molecular weight excluding hydrogens is 488 g/mol. The van der Waals surface area contributed by atoms with Crippen LogP contribution in [0.4, 0.5) is 5.69 Å². The Morgan fingerprint density at radius 1 is 0.971 bits per heavy atom. The van der Waals surface area contributed by atoms with Gasteiger partial charge in [-0.15, -0.1) is 0 Å². The van der Waals surface area contributed by atoms with E-state index in [-0.39, 0.29) is 17.7 Å². The zero-order valence-electron chi connectivity index (χ0n) is 19.4. The van der Waals surface area contributed by atoms with Gasteiger partial charge in [0, 0.05) is 36.8 Å². The molecule has 2 aliphatic heterocycles. The molecule has 3 aromatic carbocycles. The quantitative estimate of drug-likeness (QED) is 0.445. The number of hydrogen-bond donors (Lipinski definition) is 0. The van der Waals surface area contributed by atoms with E-state index in [0.717, 1.165) is 25.4 Å². The van der Waals surface area contributed by atoms with E-state index in [4.69, 9.17) is 25.8 Å². The van der Waals surface area contributed by atoms with E-state index in [9.17, 15) is 8.42 Å². The van der Waals surface area contributed by atoms with Gasteiger partial charge in [-0.3, -0.25) is 9.21 Å². The van der Waals surface area contributed by atoms with Gasteiger partial charge in [-0.25, -0.2) is 8.42 Å². The average Bonchev–Trinajstić information content (AvgIpc) is 3.34. The van der Waals surface area contributed by atoms with Crippen molar-refractivity contribution in [2.24, 2.45) is 0 Å². The summed E-state index contributed by atoms with van der Waals surface area (Å²) >= 11 is 6.02. The number of fused-ring (bicyclic) bond motifs is 1. The molecule has 2 heterocycles. The number of benzene rings is 3. The summed E-state index contributed by atoms with van der Waals surface area (Å²) in [5.41, 5.74) is 1.77. The van der Waals surface area contributed by atoms with E-state index in [1.165, 1.54) is 5.56 Å². The highest BCUT2D eigenvalue weighted by Crippen LogP contribution is 2.39. The normalized spacial score (nSPS) is 16.3. The van der Waals surface area contributed by atoms with Crippen LogP contribution in [0.1, 0.15) is 18.4 Å². The van der Waals surface area contributed by atoms with Crippen LogP contribution in [0.3, 0.4) is 0 Å². The highest BCUT2D eigenvalue weighted by molar-refractivity contribution is 7.92. The van der Waals surface area contributed by atoms with E-state index in [2.05, 4.69) is 17.0 Å². The summed E-state index contributed by atoms with van der Waals surface area (Å²) in [4.78, 5) is 2.56. The van der Waals surface area contributed by atoms with Gasteiger partial charge in [0.15, 0.2) is 11.5 Å². The summed E-state index contributed by atoms with van der Waals surface area (Å²) in [7, 11) is -2.17. The molecule has 1 fully saturated rings. The Morgan fingerprint density at radius 2 is 1.66 bits per heavy atom. The van der Waals surface area contributed by atoms with Crippen LogP contribution in [0.2, 0.25) is 5.02 Å². The number of likely N-dealkylation sites (tertiary alicyclic amines) is 1. The van der Waals surface area contributed by atoms with Gasteiger partial charge >= 0.3 is 0 Å². The lowest BCUT2D eigenvalue weighted by Crippen LogP contribution is -2.47. The molecule has 184 valence electrons. The van der Waals surface area contributed by atoms with Crippen molar-refractivity contribution in [2.75, 3.05) is 31.3 Å². The fourth-order valence-corrected chi connectivity index (χ4v) is 6.42. The van der Waals surface area contributed by atoms with E-state index in [0.29, 0.717) is 35.1 Å². The second-order valence-corrected chi connectivity index (χ2v) is 10.9. The molecule has 0 bridgehead atoms. The van der Waals surface area contributed by atoms with Gasteiger partial charge in [-0.2, -0.15) is 0 Å². The molecule has 7 nitrogen and oxygen atoms in total. The maximum atomic E-state index is 13.9. The number of anilines is 1. The van der Waals surface area contributed by atoms with Crippen LogP contribution in [-0.2, 0) is 16.6 Å². The number of sulfonamides is 1. The summed E-state index contributed by atoms with van der Waals surface area (Å²) in [5, 5.41) is 0.491. The van der Waals surface area contributed by atoms with Crippen molar-refractivity contribution in [3.8, 4) is 17.2 Å². The maximum absolute atomic E-state index is 13.9. The molecule has 0 N–H and O–H groups in total. The van der Waals surface area contributed by atoms with Gasteiger partial charge in [0.1, 0.15) is 5.75 Å². The first kappa shape index (κ1) is 23.8. The van der Waals surface area contributed by atoms with E-state index < -0.39 is 10.0 Å². The zero-order valence-corrected chi connectivity index (χ0v) is 21.0. The summed E-state index contributed by atoms with van der Waals surface area (Å²) in [6.07, 6.45) is 1.41. The molecular formula is C26H27ClN2O5S. The van der Waals surface area contributed by atoms with Crippen LogP contribution >= 0.6 is 11.6 Å². The van der Waals surface area contributed by atoms with Gasteiger partial charge in [-0.1, -0.05) is 23.7 Å². The van der Waals surface area contributed by atoms with Gasteiger partial charge in [0.25, 0.3) is 10.0 Å². The van der Waals surface area contributed by atoms with Crippen LogP contribution in [0.5, 0.6) is 17.2 Å². The minimum atomic E-state index is -3.83. The van der Waals surface area contributed by atoms with Crippen LogP contribution < -0.4 is 18.5 Å². The first-order valence-corrected chi connectivity index (χ1v) is 13.3. The molecule has 2 aliphatic rings. The predicted octanol–water partition coefficient (Wildman–Crippen LogP) is 4.94. The lowest BCUT2D eigenvalue weighted by Gasteiger charge is -2.39. The van der Waals surface area contributed by atoms with Crippen molar-refractivity contribution >= 4 is 27.3 Å². The number of rotatable bonds is 7. The van der Waals surface area contributed by atoms with Crippen LogP contribution in [0.25, 0.3) is 0 Å². The number of hydrogen-bond acceptors (Lipinski definition) is 6. The second-order valence-electron chi connectivity index (χ2n) is 8.65. The molecule has 0 radical (unpaired) electrons.